The van der Waals surface area contributed by atoms with Gasteiger partial charge in [0.1, 0.15) is 0 Å². The Balaban J connectivity index is 1.67. The van der Waals surface area contributed by atoms with Crippen molar-refractivity contribution in [3.8, 4) is 28.6 Å². The Morgan fingerprint density at radius 1 is 0.794 bits per heavy atom. The number of para-hydroxylation sites is 3. The van der Waals surface area contributed by atoms with Crippen LogP contribution in [0.25, 0.3) is 22.4 Å². The Kier molecular flexibility index (Phi) is 4.14. The van der Waals surface area contributed by atoms with E-state index in [2.05, 4.69) is 47.6 Å². The van der Waals surface area contributed by atoms with Crippen molar-refractivity contribution in [3.05, 3.63) is 71.8 Å². The van der Waals surface area contributed by atoms with E-state index in [0.717, 1.165) is 27.7 Å². The molecule has 0 atom stereocenters. The van der Waals surface area contributed by atoms with E-state index in [-0.39, 0.29) is 10.8 Å². The molecule has 1 spiro atoms. The summed E-state index contributed by atoms with van der Waals surface area (Å²) in [5.41, 5.74) is 4.36. The fraction of sp³-hybridized carbons (Fsp3) is 0.296. The van der Waals surface area contributed by atoms with Crippen molar-refractivity contribution in [1.29, 1.82) is 0 Å². The van der Waals surface area contributed by atoms with E-state index >= 15 is 0 Å². The van der Waals surface area contributed by atoms with Crippen LogP contribution in [0.15, 0.2) is 60.7 Å². The zero-order chi connectivity index (χ0) is 24.1. The zero-order valence-corrected chi connectivity index (χ0v) is 21.9. The van der Waals surface area contributed by atoms with Gasteiger partial charge in [0.05, 0.1) is 0 Å². The van der Waals surface area contributed by atoms with Gasteiger partial charge in [-0.25, -0.2) is 0 Å². The van der Waals surface area contributed by atoms with E-state index in [1.807, 2.05) is 58.9 Å². The zero-order valence-electron chi connectivity index (χ0n) is 20.2. The fourth-order valence-corrected chi connectivity index (χ4v) is 8.52. The minimum absolute atomic E-state index is 0.0822. The summed E-state index contributed by atoms with van der Waals surface area (Å²) in [6.07, 6.45) is 0. The van der Waals surface area contributed by atoms with Crippen LogP contribution in [0.5, 0.6) is 17.2 Å². The molecule has 0 aliphatic carbocycles. The number of rotatable bonds is 0. The van der Waals surface area contributed by atoms with Crippen molar-refractivity contribution in [2.24, 2.45) is 0 Å². The molecule has 0 saturated heterocycles. The van der Waals surface area contributed by atoms with E-state index in [9.17, 15) is 0 Å². The molecule has 1 aromatic heterocycles. The Morgan fingerprint density at radius 2 is 1.47 bits per heavy atom. The number of aromatic nitrogens is 2. The second kappa shape index (κ2) is 6.47. The summed E-state index contributed by atoms with van der Waals surface area (Å²) in [4.78, 5) is 4.92. The van der Waals surface area contributed by atoms with Crippen LogP contribution >= 0.6 is 18.0 Å². The minimum atomic E-state index is -4.49. The van der Waals surface area contributed by atoms with Crippen LogP contribution in [0.3, 0.4) is 0 Å². The second-order valence-electron chi connectivity index (χ2n) is 11.1. The predicted molar refractivity (Wildman–Crippen MR) is 139 cm³/mol. The third-order valence-corrected chi connectivity index (χ3v) is 10.0. The van der Waals surface area contributed by atoms with Gasteiger partial charge >= 0.3 is 205 Å². The molecule has 34 heavy (non-hydrogen) atoms. The van der Waals surface area contributed by atoms with Crippen molar-refractivity contribution < 1.29 is 13.6 Å². The molecule has 3 aromatic carbocycles. The number of imidazole rings is 1. The van der Waals surface area contributed by atoms with Gasteiger partial charge in [0.15, 0.2) is 0 Å². The first-order valence-electron chi connectivity index (χ1n) is 11.5. The number of benzene rings is 3. The van der Waals surface area contributed by atoms with E-state index in [4.69, 9.17) is 29.8 Å². The average molecular weight is 495 g/mol. The summed E-state index contributed by atoms with van der Waals surface area (Å²) in [6, 6.07) is 19.8. The molecular weight excluding hydrogens is 467 g/mol. The van der Waals surface area contributed by atoms with Crippen LogP contribution < -0.4 is 13.6 Å². The molecular formula is C27H28ClN2O3P. The van der Waals surface area contributed by atoms with Crippen LogP contribution in [-0.2, 0) is 10.8 Å². The maximum atomic E-state index is 7.58. The first kappa shape index (κ1) is 21.8. The molecule has 5 nitrogen and oxygen atoms in total. The fourth-order valence-electron chi connectivity index (χ4n) is 4.65. The summed E-state index contributed by atoms with van der Waals surface area (Å²) < 4.78 is 22.0. The molecule has 6 rings (SSSR count). The molecule has 0 amide bonds. The van der Waals surface area contributed by atoms with Gasteiger partial charge < -0.3 is 0 Å². The van der Waals surface area contributed by atoms with Crippen molar-refractivity contribution in [2.45, 2.75) is 52.4 Å². The molecule has 2 aliphatic heterocycles. The van der Waals surface area contributed by atoms with Gasteiger partial charge in [-0.3, -0.25) is 0 Å². The van der Waals surface area contributed by atoms with Crippen molar-refractivity contribution in [1.82, 2.24) is 9.32 Å². The molecule has 3 heterocycles. The molecule has 0 unspecified atom stereocenters. The molecule has 0 saturated carbocycles. The Labute approximate surface area is 204 Å². The van der Waals surface area contributed by atoms with E-state index in [0.29, 0.717) is 23.1 Å². The quantitative estimate of drug-likeness (QED) is 0.230. The third-order valence-electron chi connectivity index (χ3n) is 6.45. The number of nitrogens with zero attached hydrogens (tertiary/aromatic N) is 2. The van der Waals surface area contributed by atoms with Crippen LogP contribution in [0.4, 0.5) is 0 Å². The number of hydrogen-bond donors (Lipinski definition) is 0. The van der Waals surface area contributed by atoms with Crippen LogP contribution in [0.2, 0.25) is 0 Å². The Hall–Kier alpha value is -2.75. The molecule has 0 N–H and O–H groups in total. The average Bonchev–Trinajstić information content (AvgIpc) is 3.28. The summed E-state index contributed by atoms with van der Waals surface area (Å²) in [6.45, 7) is 8.58. The van der Waals surface area contributed by atoms with E-state index < -0.39 is 6.79 Å². The summed E-state index contributed by atoms with van der Waals surface area (Å²) >= 11 is 7.58. The number of hydrogen-bond acceptors (Lipinski definition) is 4. The predicted octanol–water partition coefficient (Wildman–Crippen LogP) is 8.38. The van der Waals surface area contributed by atoms with Gasteiger partial charge in [0, 0.05) is 0 Å². The monoisotopic (exact) mass is 494 g/mol. The van der Waals surface area contributed by atoms with Gasteiger partial charge in [-0.15, -0.1) is 0 Å². The SMILES string of the molecule is CC(C)(C)c1cc2c(c(C(C)(C)C)c1)OP1(Cl)(Oc3ccccc3-c3nc4ccccc4n31)O2. The normalized spacial score (nSPS) is 18.6. The van der Waals surface area contributed by atoms with Crippen molar-refractivity contribution in [2.75, 3.05) is 0 Å². The first-order chi connectivity index (χ1) is 15.9. The maximum absolute atomic E-state index is 7.58. The van der Waals surface area contributed by atoms with Crippen molar-refractivity contribution >= 4 is 29.1 Å². The van der Waals surface area contributed by atoms with Crippen LogP contribution in [0, 0.1) is 0 Å². The molecule has 2 aliphatic rings. The third kappa shape index (κ3) is 2.93. The topological polar surface area (TPSA) is 45.5 Å². The molecule has 7 heteroatoms. The van der Waals surface area contributed by atoms with Gasteiger partial charge in [-0.05, 0) is 0 Å². The van der Waals surface area contributed by atoms with Gasteiger partial charge in [-0.1, -0.05) is 0 Å². The summed E-state index contributed by atoms with van der Waals surface area (Å²) in [7, 11) is 0. The molecule has 0 bridgehead atoms. The summed E-state index contributed by atoms with van der Waals surface area (Å²) in [5.74, 6) is 2.51. The van der Waals surface area contributed by atoms with Gasteiger partial charge in [-0.2, -0.15) is 0 Å². The number of halogens is 1. The van der Waals surface area contributed by atoms with Crippen molar-refractivity contribution in [3.63, 3.8) is 0 Å². The Morgan fingerprint density at radius 3 is 2.21 bits per heavy atom. The number of fused-ring (bicyclic) bond motifs is 7. The molecule has 176 valence electrons. The van der Waals surface area contributed by atoms with Crippen LogP contribution in [0.1, 0.15) is 52.7 Å². The Bertz CT molecular complexity index is 1500. The van der Waals surface area contributed by atoms with Crippen LogP contribution in [-0.4, -0.2) is 9.32 Å². The molecule has 4 aromatic rings. The summed E-state index contributed by atoms with van der Waals surface area (Å²) in [5, 5.41) is 0. The van der Waals surface area contributed by atoms with Gasteiger partial charge in [0.2, 0.25) is 0 Å². The van der Waals surface area contributed by atoms with E-state index in [1.165, 1.54) is 0 Å². The first-order valence-corrected chi connectivity index (χ1v) is 14.3. The van der Waals surface area contributed by atoms with Gasteiger partial charge in [0.25, 0.3) is 0 Å². The van der Waals surface area contributed by atoms with E-state index in [1.54, 1.807) is 0 Å². The second-order valence-corrected chi connectivity index (χ2v) is 15.3. The molecule has 0 radical (unpaired) electrons. The standard InChI is InChI=1S/C27H28ClN2O3P/c1-26(2,3)17-15-19(27(4,5)6)24-23(16-17)32-34(28,33-24)30-21-13-9-8-12-20(21)29-25(30)18-11-7-10-14-22(18)31-34/h7-16H,1-6H3. The molecule has 0 fully saturated rings.